The maximum absolute atomic E-state index is 12.1. The van der Waals surface area contributed by atoms with Gasteiger partial charge in [-0.3, -0.25) is 9.79 Å². The van der Waals surface area contributed by atoms with Crippen LogP contribution >= 0.6 is 0 Å². The molecule has 1 aliphatic rings. The highest BCUT2D eigenvalue weighted by atomic mass is 16.2. The first-order valence-corrected chi connectivity index (χ1v) is 9.57. The number of amides is 1. The fourth-order valence-corrected chi connectivity index (χ4v) is 3.00. The lowest BCUT2D eigenvalue weighted by Gasteiger charge is -2.21. The highest BCUT2D eigenvalue weighted by Gasteiger charge is 2.27. The number of nitrogens with zero attached hydrogens (tertiary/aromatic N) is 3. The van der Waals surface area contributed by atoms with Crippen LogP contribution < -0.4 is 10.6 Å². The number of hydrogen-bond donors (Lipinski definition) is 2. The third-order valence-corrected chi connectivity index (χ3v) is 4.35. The summed E-state index contributed by atoms with van der Waals surface area (Å²) in [5, 5.41) is 6.81. The molecule has 0 aromatic rings. The number of guanidine groups is 1. The SMILES string of the molecule is CCCN(CC)CCN=C(NCC)NC1CCN(C(=O)C(C)C)C1. The van der Waals surface area contributed by atoms with Crippen LogP contribution in [0, 0.1) is 5.92 Å². The Morgan fingerprint density at radius 3 is 2.62 bits per heavy atom. The zero-order valence-electron chi connectivity index (χ0n) is 16.3. The lowest BCUT2D eigenvalue weighted by Crippen LogP contribution is -2.45. The molecule has 6 nitrogen and oxygen atoms in total. The van der Waals surface area contributed by atoms with Crippen molar-refractivity contribution >= 4 is 11.9 Å². The summed E-state index contributed by atoms with van der Waals surface area (Å²) in [6, 6.07) is 0.295. The van der Waals surface area contributed by atoms with Crippen molar-refractivity contribution in [2.24, 2.45) is 10.9 Å². The molecule has 0 spiro atoms. The minimum Gasteiger partial charge on any atom is -0.357 e. The molecule has 1 atom stereocenters. The predicted molar refractivity (Wildman–Crippen MR) is 101 cm³/mol. The van der Waals surface area contributed by atoms with E-state index in [1.54, 1.807) is 0 Å². The summed E-state index contributed by atoms with van der Waals surface area (Å²) in [7, 11) is 0. The Morgan fingerprint density at radius 1 is 1.29 bits per heavy atom. The lowest BCUT2D eigenvalue weighted by atomic mass is 10.2. The van der Waals surface area contributed by atoms with Gasteiger partial charge in [-0.05, 0) is 32.9 Å². The van der Waals surface area contributed by atoms with Gasteiger partial charge in [0.05, 0.1) is 6.54 Å². The summed E-state index contributed by atoms with van der Waals surface area (Å²) < 4.78 is 0. The summed E-state index contributed by atoms with van der Waals surface area (Å²) in [6.45, 7) is 16.9. The maximum Gasteiger partial charge on any atom is 0.225 e. The Balaban J connectivity index is 2.48. The molecule has 1 aliphatic heterocycles. The summed E-state index contributed by atoms with van der Waals surface area (Å²) >= 11 is 0. The van der Waals surface area contributed by atoms with Gasteiger partial charge in [0.15, 0.2) is 5.96 Å². The molecule has 1 fully saturated rings. The molecule has 6 heteroatoms. The van der Waals surface area contributed by atoms with Gasteiger partial charge in [-0.1, -0.05) is 27.7 Å². The molecule has 0 radical (unpaired) electrons. The van der Waals surface area contributed by atoms with E-state index in [0.29, 0.717) is 6.04 Å². The number of aliphatic imine (C=N–C) groups is 1. The molecule has 0 aromatic heterocycles. The second kappa shape index (κ2) is 11.3. The molecule has 0 saturated carbocycles. The van der Waals surface area contributed by atoms with Gasteiger partial charge in [0, 0.05) is 38.1 Å². The number of carbonyl (C=O) groups is 1. The molecule has 0 bridgehead atoms. The number of likely N-dealkylation sites (N-methyl/N-ethyl adjacent to an activating group) is 1. The van der Waals surface area contributed by atoms with Gasteiger partial charge in [0.1, 0.15) is 0 Å². The quantitative estimate of drug-likeness (QED) is 0.494. The highest BCUT2D eigenvalue weighted by Crippen LogP contribution is 2.12. The van der Waals surface area contributed by atoms with E-state index in [-0.39, 0.29) is 11.8 Å². The van der Waals surface area contributed by atoms with Crippen LogP contribution in [0.4, 0.5) is 0 Å². The zero-order chi connectivity index (χ0) is 17.9. The van der Waals surface area contributed by atoms with Crippen molar-refractivity contribution in [2.75, 3.05) is 45.8 Å². The first-order valence-electron chi connectivity index (χ1n) is 9.57. The normalized spacial score (nSPS) is 18.5. The third-order valence-electron chi connectivity index (χ3n) is 4.35. The van der Waals surface area contributed by atoms with Gasteiger partial charge < -0.3 is 20.4 Å². The van der Waals surface area contributed by atoms with E-state index in [1.165, 1.54) is 6.42 Å². The molecule has 24 heavy (non-hydrogen) atoms. The fourth-order valence-electron chi connectivity index (χ4n) is 3.00. The van der Waals surface area contributed by atoms with Crippen LogP contribution in [0.25, 0.3) is 0 Å². The molecule has 1 heterocycles. The van der Waals surface area contributed by atoms with E-state index in [0.717, 1.165) is 58.2 Å². The second-order valence-corrected chi connectivity index (χ2v) is 6.76. The van der Waals surface area contributed by atoms with Crippen molar-refractivity contribution in [1.29, 1.82) is 0 Å². The fraction of sp³-hybridized carbons (Fsp3) is 0.889. The Hall–Kier alpha value is -1.30. The second-order valence-electron chi connectivity index (χ2n) is 6.76. The van der Waals surface area contributed by atoms with E-state index >= 15 is 0 Å². The molecule has 0 aromatic carbocycles. The van der Waals surface area contributed by atoms with Crippen molar-refractivity contribution in [3.63, 3.8) is 0 Å². The minimum absolute atomic E-state index is 0.0734. The van der Waals surface area contributed by atoms with Gasteiger partial charge in [-0.15, -0.1) is 0 Å². The topological polar surface area (TPSA) is 60.0 Å². The van der Waals surface area contributed by atoms with Crippen molar-refractivity contribution in [3.8, 4) is 0 Å². The van der Waals surface area contributed by atoms with Gasteiger partial charge in [-0.2, -0.15) is 0 Å². The highest BCUT2D eigenvalue weighted by molar-refractivity contribution is 5.81. The number of nitrogens with one attached hydrogen (secondary N) is 2. The van der Waals surface area contributed by atoms with Crippen LogP contribution in [0.3, 0.4) is 0 Å². The summed E-state index contributed by atoms with van der Waals surface area (Å²) in [6.07, 6.45) is 2.16. The maximum atomic E-state index is 12.1. The number of carbonyl (C=O) groups excluding carboxylic acids is 1. The molecular formula is C18H37N5O. The van der Waals surface area contributed by atoms with Crippen LogP contribution in [0.1, 0.15) is 47.5 Å². The molecule has 1 saturated heterocycles. The van der Waals surface area contributed by atoms with E-state index < -0.39 is 0 Å². The van der Waals surface area contributed by atoms with Crippen molar-refractivity contribution in [3.05, 3.63) is 0 Å². The summed E-state index contributed by atoms with van der Waals surface area (Å²) in [5.74, 6) is 1.19. The van der Waals surface area contributed by atoms with E-state index in [9.17, 15) is 4.79 Å². The zero-order valence-corrected chi connectivity index (χ0v) is 16.3. The number of likely N-dealkylation sites (tertiary alicyclic amines) is 1. The first kappa shape index (κ1) is 20.7. The Morgan fingerprint density at radius 2 is 2.04 bits per heavy atom. The molecular weight excluding hydrogens is 302 g/mol. The molecule has 1 rings (SSSR count). The van der Waals surface area contributed by atoms with E-state index in [4.69, 9.17) is 4.99 Å². The number of hydrogen-bond acceptors (Lipinski definition) is 3. The van der Waals surface area contributed by atoms with Gasteiger partial charge in [0.2, 0.25) is 5.91 Å². The minimum atomic E-state index is 0.0734. The van der Waals surface area contributed by atoms with Gasteiger partial charge in [0.25, 0.3) is 0 Å². The molecule has 1 unspecified atom stereocenters. The van der Waals surface area contributed by atoms with Crippen molar-refractivity contribution < 1.29 is 4.79 Å². The standard InChI is InChI=1S/C18H37N5O/c1-6-11-22(8-3)13-10-20-18(19-7-2)21-16-9-12-23(14-16)17(24)15(4)5/h15-16H,6-14H2,1-5H3,(H2,19,20,21). The Kier molecular flexibility index (Phi) is 9.76. The molecule has 140 valence electrons. The van der Waals surface area contributed by atoms with E-state index in [1.807, 2.05) is 18.7 Å². The first-order chi connectivity index (χ1) is 11.5. The summed E-state index contributed by atoms with van der Waals surface area (Å²) in [5.41, 5.74) is 0. The molecule has 0 aliphatic carbocycles. The third kappa shape index (κ3) is 7.07. The van der Waals surface area contributed by atoms with Gasteiger partial charge >= 0.3 is 0 Å². The Bertz CT molecular complexity index is 397. The van der Waals surface area contributed by atoms with Crippen LogP contribution in [-0.2, 0) is 4.79 Å². The average Bonchev–Trinajstić information content (AvgIpc) is 3.01. The van der Waals surface area contributed by atoms with Crippen LogP contribution in [0.5, 0.6) is 0 Å². The van der Waals surface area contributed by atoms with Crippen LogP contribution in [0.2, 0.25) is 0 Å². The largest absolute Gasteiger partial charge is 0.357 e. The average molecular weight is 340 g/mol. The lowest BCUT2D eigenvalue weighted by molar-refractivity contribution is -0.133. The van der Waals surface area contributed by atoms with Crippen molar-refractivity contribution in [2.45, 2.75) is 53.5 Å². The number of rotatable bonds is 9. The molecule has 2 N–H and O–H groups in total. The molecule has 1 amide bonds. The summed E-state index contributed by atoms with van der Waals surface area (Å²) in [4.78, 5) is 21.2. The van der Waals surface area contributed by atoms with Crippen LogP contribution in [0.15, 0.2) is 4.99 Å². The van der Waals surface area contributed by atoms with Crippen LogP contribution in [-0.4, -0.2) is 73.5 Å². The van der Waals surface area contributed by atoms with Crippen molar-refractivity contribution in [1.82, 2.24) is 20.4 Å². The smallest absolute Gasteiger partial charge is 0.225 e. The van der Waals surface area contributed by atoms with Gasteiger partial charge in [-0.25, -0.2) is 0 Å². The monoisotopic (exact) mass is 339 g/mol. The van der Waals surface area contributed by atoms with E-state index in [2.05, 4.69) is 36.3 Å². The Labute approximate surface area is 148 Å². The predicted octanol–water partition coefficient (Wildman–Crippen LogP) is 1.53.